The van der Waals surface area contributed by atoms with Gasteiger partial charge in [0, 0.05) is 0 Å². The van der Waals surface area contributed by atoms with Crippen LogP contribution in [0.3, 0.4) is 0 Å². The van der Waals surface area contributed by atoms with E-state index < -0.39 is 5.67 Å². The molecule has 1 rings (SSSR count). The first kappa shape index (κ1) is 15.1. The van der Waals surface area contributed by atoms with Gasteiger partial charge in [-0.1, -0.05) is 20.8 Å². The Morgan fingerprint density at radius 1 is 1.19 bits per heavy atom. The Bertz CT molecular complexity index is 335. The lowest BCUT2D eigenvalue weighted by Gasteiger charge is -2.19. The molecule has 2 heteroatoms. The number of alkyl halides is 1. The lowest BCUT2D eigenvalue weighted by atomic mass is 9.91. The molecule has 0 aliphatic carbocycles. The molecule has 0 radical (unpaired) electrons. The number of benzene rings is 1. The van der Waals surface area contributed by atoms with Gasteiger partial charge in [0.1, 0.15) is 11.5 Å². The van der Waals surface area contributed by atoms with Crippen molar-refractivity contribution in [1.82, 2.24) is 0 Å². The van der Waals surface area contributed by atoms with E-state index in [0.717, 1.165) is 17.5 Å². The fourth-order valence-electron chi connectivity index (χ4n) is 1.72. The summed E-state index contributed by atoms with van der Waals surface area (Å²) >= 11 is 0. The van der Waals surface area contributed by atoms with Gasteiger partial charge in [0.15, 0.2) is 0 Å². The highest BCUT2D eigenvalue weighted by Gasteiger charge is 2.22. The Labute approximate surface area is 97.7 Å². The minimum Gasteiger partial charge on any atom is -0.239 e. The van der Waals surface area contributed by atoms with Gasteiger partial charge in [-0.25, -0.2) is 8.78 Å². The lowest BCUT2D eigenvalue weighted by Crippen LogP contribution is -2.13. The van der Waals surface area contributed by atoms with E-state index in [0.29, 0.717) is 5.56 Å². The van der Waals surface area contributed by atoms with E-state index in [9.17, 15) is 8.78 Å². The van der Waals surface area contributed by atoms with E-state index in [4.69, 9.17) is 0 Å². The van der Waals surface area contributed by atoms with Gasteiger partial charge in [0.25, 0.3) is 0 Å². The zero-order valence-electron chi connectivity index (χ0n) is 11.1. The van der Waals surface area contributed by atoms with E-state index in [2.05, 4.69) is 0 Å². The molecule has 0 spiro atoms. The number of hydrogen-bond donors (Lipinski definition) is 0. The van der Waals surface area contributed by atoms with E-state index in [1.807, 2.05) is 27.7 Å². The van der Waals surface area contributed by atoms with Crippen molar-refractivity contribution < 1.29 is 8.78 Å². The molecule has 0 aromatic heterocycles. The summed E-state index contributed by atoms with van der Waals surface area (Å²) in [5.41, 5.74) is 0.720. The van der Waals surface area contributed by atoms with Gasteiger partial charge in [-0.05, 0) is 56.0 Å². The predicted octanol–water partition coefficient (Wildman–Crippen LogP) is 4.93. The number of aryl methyl sites for hydroxylation is 1. The maximum Gasteiger partial charge on any atom is 0.130 e. The van der Waals surface area contributed by atoms with Crippen molar-refractivity contribution in [2.45, 2.75) is 53.6 Å². The summed E-state index contributed by atoms with van der Waals surface area (Å²) < 4.78 is 26.9. The Balaban J connectivity index is 0.00000106. The maximum atomic E-state index is 13.7. The summed E-state index contributed by atoms with van der Waals surface area (Å²) in [6.45, 7) is 10.7. The SMILES string of the molecule is CC.CCc1cc(F)cc(C(C)(C)F)c1C. The predicted molar refractivity (Wildman–Crippen MR) is 66.0 cm³/mol. The summed E-state index contributed by atoms with van der Waals surface area (Å²) in [5.74, 6) is -0.354. The zero-order chi connectivity index (χ0) is 12.9. The molecule has 16 heavy (non-hydrogen) atoms. The minimum absolute atomic E-state index is 0.354. The quantitative estimate of drug-likeness (QED) is 0.673. The highest BCUT2D eigenvalue weighted by Crippen LogP contribution is 2.30. The maximum absolute atomic E-state index is 13.7. The Hall–Kier alpha value is -0.920. The zero-order valence-corrected chi connectivity index (χ0v) is 11.1. The molecule has 0 unspecified atom stereocenters. The van der Waals surface area contributed by atoms with Crippen LogP contribution in [-0.2, 0) is 12.1 Å². The molecule has 0 aliphatic heterocycles. The Kier molecular flexibility index (Phi) is 5.63. The first-order valence-corrected chi connectivity index (χ1v) is 5.84. The molecule has 0 saturated heterocycles. The Morgan fingerprint density at radius 3 is 2.06 bits per heavy atom. The molecule has 0 bridgehead atoms. The second-order valence-corrected chi connectivity index (χ2v) is 4.06. The molecule has 0 saturated carbocycles. The first-order chi connectivity index (χ1) is 7.36. The van der Waals surface area contributed by atoms with Crippen LogP contribution in [0.5, 0.6) is 0 Å². The van der Waals surface area contributed by atoms with Crippen LogP contribution in [0, 0.1) is 12.7 Å². The number of halogens is 2. The molecule has 0 heterocycles. The fourth-order valence-corrected chi connectivity index (χ4v) is 1.72. The van der Waals surface area contributed by atoms with Crippen LogP contribution in [0.2, 0.25) is 0 Å². The van der Waals surface area contributed by atoms with Gasteiger partial charge in [-0.3, -0.25) is 0 Å². The number of rotatable bonds is 2. The molecule has 0 amide bonds. The van der Waals surface area contributed by atoms with Gasteiger partial charge >= 0.3 is 0 Å². The molecule has 0 aliphatic rings. The van der Waals surface area contributed by atoms with Crippen LogP contribution in [0.1, 0.15) is 51.3 Å². The summed E-state index contributed by atoms with van der Waals surface area (Å²) in [6.07, 6.45) is 0.729. The summed E-state index contributed by atoms with van der Waals surface area (Å²) in [6, 6.07) is 2.76. The topological polar surface area (TPSA) is 0 Å². The summed E-state index contributed by atoms with van der Waals surface area (Å²) in [5, 5.41) is 0. The second kappa shape index (κ2) is 5.97. The smallest absolute Gasteiger partial charge is 0.130 e. The second-order valence-electron chi connectivity index (χ2n) is 4.06. The van der Waals surface area contributed by atoms with Crippen molar-refractivity contribution in [3.05, 3.63) is 34.6 Å². The van der Waals surface area contributed by atoms with Crippen molar-refractivity contribution in [1.29, 1.82) is 0 Å². The molecule has 0 atom stereocenters. The monoisotopic (exact) mass is 228 g/mol. The van der Waals surface area contributed by atoms with Crippen molar-refractivity contribution in [2.75, 3.05) is 0 Å². The van der Waals surface area contributed by atoms with Gasteiger partial charge in [0.2, 0.25) is 0 Å². The highest BCUT2D eigenvalue weighted by atomic mass is 19.1. The average molecular weight is 228 g/mol. The molecule has 1 aromatic carbocycles. The molecular weight excluding hydrogens is 206 g/mol. The largest absolute Gasteiger partial charge is 0.239 e. The average Bonchev–Trinajstić information content (AvgIpc) is 2.22. The molecule has 0 nitrogen and oxygen atoms in total. The van der Waals surface area contributed by atoms with Crippen molar-refractivity contribution in [3.63, 3.8) is 0 Å². The standard InChI is InChI=1S/C12H16F2.C2H6/c1-5-9-6-10(13)7-11(8(9)2)12(3,4)14;1-2/h6-7H,5H2,1-4H3;1-2H3. The molecule has 92 valence electrons. The third kappa shape index (κ3) is 3.58. The van der Waals surface area contributed by atoms with Crippen LogP contribution in [0.25, 0.3) is 0 Å². The highest BCUT2D eigenvalue weighted by molar-refractivity contribution is 5.38. The molecular formula is C14H22F2. The van der Waals surface area contributed by atoms with Crippen molar-refractivity contribution >= 4 is 0 Å². The third-order valence-corrected chi connectivity index (χ3v) is 2.50. The van der Waals surface area contributed by atoms with Crippen LogP contribution >= 0.6 is 0 Å². The summed E-state index contributed by atoms with van der Waals surface area (Å²) in [4.78, 5) is 0. The van der Waals surface area contributed by atoms with E-state index >= 15 is 0 Å². The van der Waals surface area contributed by atoms with Crippen LogP contribution in [0.4, 0.5) is 8.78 Å². The fraction of sp³-hybridized carbons (Fsp3) is 0.571. The van der Waals surface area contributed by atoms with E-state index in [1.54, 1.807) is 0 Å². The minimum atomic E-state index is -1.48. The third-order valence-electron chi connectivity index (χ3n) is 2.50. The summed E-state index contributed by atoms with van der Waals surface area (Å²) in [7, 11) is 0. The van der Waals surface area contributed by atoms with Gasteiger partial charge < -0.3 is 0 Å². The van der Waals surface area contributed by atoms with E-state index in [-0.39, 0.29) is 5.82 Å². The van der Waals surface area contributed by atoms with E-state index in [1.165, 1.54) is 26.0 Å². The van der Waals surface area contributed by atoms with Gasteiger partial charge in [0.05, 0.1) is 0 Å². The lowest BCUT2D eigenvalue weighted by molar-refractivity contribution is 0.219. The van der Waals surface area contributed by atoms with Crippen LogP contribution in [-0.4, -0.2) is 0 Å². The molecule has 0 N–H and O–H groups in total. The Morgan fingerprint density at radius 2 is 1.69 bits per heavy atom. The van der Waals surface area contributed by atoms with Crippen molar-refractivity contribution in [3.8, 4) is 0 Å². The molecule has 0 fully saturated rings. The van der Waals surface area contributed by atoms with Gasteiger partial charge in [-0.2, -0.15) is 0 Å². The van der Waals surface area contributed by atoms with Gasteiger partial charge in [-0.15, -0.1) is 0 Å². The van der Waals surface area contributed by atoms with Crippen LogP contribution < -0.4 is 0 Å². The number of hydrogen-bond acceptors (Lipinski definition) is 0. The van der Waals surface area contributed by atoms with Crippen LogP contribution in [0.15, 0.2) is 12.1 Å². The normalized spacial score (nSPS) is 10.8. The first-order valence-electron chi connectivity index (χ1n) is 5.84. The van der Waals surface area contributed by atoms with Crippen molar-refractivity contribution in [2.24, 2.45) is 0 Å². The molecule has 1 aromatic rings.